The second-order valence-corrected chi connectivity index (χ2v) is 12.3. The van der Waals surface area contributed by atoms with Crippen LogP contribution in [0.15, 0.2) is 0 Å². The van der Waals surface area contributed by atoms with Crippen LogP contribution >= 0.6 is 0 Å². The molecule has 0 amide bonds. The molecule has 4 heteroatoms. The first kappa shape index (κ1) is 54.3. The topological polar surface area (TPSA) is 84.3 Å². The van der Waals surface area contributed by atoms with Crippen LogP contribution in [0.5, 0.6) is 0 Å². The van der Waals surface area contributed by atoms with Crippen molar-refractivity contribution in [2.45, 2.75) is 193 Å². The fourth-order valence-electron chi connectivity index (χ4n) is 8.87. The molecule has 280 valence electrons. The van der Waals surface area contributed by atoms with Gasteiger partial charge in [-0.2, -0.15) is 0 Å². The Morgan fingerprint density at radius 3 is 1.67 bits per heavy atom. The molecule has 4 saturated carbocycles. The molecule has 0 aromatic carbocycles. The van der Waals surface area contributed by atoms with E-state index in [-0.39, 0.29) is 0 Å². The van der Waals surface area contributed by atoms with Gasteiger partial charge in [0, 0.05) is 7.11 Å². The van der Waals surface area contributed by atoms with E-state index in [4.69, 9.17) is 10.8 Å². The number of unbranched alkanes of at least 4 members (excludes halogenated alkanes) is 1. The molecule has 7 atom stereocenters. The van der Waals surface area contributed by atoms with E-state index in [1.54, 1.807) is 44.9 Å². The van der Waals surface area contributed by atoms with Crippen LogP contribution < -0.4 is 16.8 Å². The zero-order valence-electron chi connectivity index (χ0n) is 34.7. The molecule has 6 N–H and O–H groups in total. The highest BCUT2D eigenvalue weighted by Crippen LogP contribution is 2.67. The van der Waals surface area contributed by atoms with Gasteiger partial charge in [-0.05, 0) is 138 Å². The summed E-state index contributed by atoms with van der Waals surface area (Å²) in [5.74, 6) is 5.27. The quantitative estimate of drug-likeness (QED) is 0.198. The van der Waals surface area contributed by atoms with Gasteiger partial charge in [0.15, 0.2) is 0 Å². The molecule has 0 bridgehead atoms. The Morgan fingerprint density at radius 1 is 0.622 bits per heavy atom. The van der Waals surface area contributed by atoms with Crippen LogP contribution in [0.3, 0.4) is 0 Å². The average molecular weight is 646 g/mol. The Labute approximate surface area is 288 Å². The summed E-state index contributed by atoms with van der Waals surface area (Å²) in [5, 5.41) is 10.6. The van der Waals surface area contributed by atoms with Gasteiger partial charge in [-0.1, -0.05) is 123 Å². The van der Waals surface area contributed by atoms with Crippen molar-refractivity contribution >= 4 is 0 Å². The van der Waals surface area contributed by atoms with Crippen LogP contribution in [0, 0.1) is 40.4 Å². The third kappa shape index (κ3) is 18.3. The summed E-state index contributed by atoms with van der Waals surface area (Å²) >= 11 is 0. The van der Waals surface area contributed by atoms with Crippen LogP contribution in [-0.4, -0.2) is 38.9 Å². The Kier molecular flexibility index (Phi) is 46.2. The fourth-order valence-corrected chi connectivity index (χ4v) is 8.87. The van der Waals surface area contributed by atoms with E-state index in [1.165, 1.54) is 58.5 Å². The molecule has 0 saturated heterocycles. The molecule has 4 aliphatic rings. The molecule has 0 heterocycles. The maximum absolute atomic E-state index is 7.00. The maximum atomic E-state index is 7.00. The highest BCUT2D eigenvalue weighted by atomic mass is 16.2. The number of hydrogen-bond acceptors (Lipinski definition) is 4. The zero-order valence-corrected chi connectivity index (χ0v) is 34.7. The van der Waals surface area contributed by atoms with E-state index >= 15 is 0 Å². The van der Waals surface area contributed by atoms with Gasteiger partial charge in [0.05, 0.1) is 0 Å². The third-order valence-corrected chi connectivity index (χ3v) is 10.5. The lowest BCUT2D eigenvalue weighted by Gasteiger charge is -2.60. The number of aliphatic hydroxyl groups excluding tert-OH is 1. The largest absolute Gasteiger partial charge is 0.400 e. The standard InChI is InChI=1S/C26H48N2.C3H8.5C2H6.CH5N.CH4O/c1-25-15-5-3-8-20(25)10-12-22-23-13-11-21(26(23,2)16-14-24(22)25)9-4-6-18-28-19-7-17-27;1-3-2;7*1-2/h20-24,28H,3-19,27H2,1-2H3;3H2,1-2H3;5*1-2H3;2H2,1H3;2H,1H3. The summed E-state index contributed by atoms with van der Waals surface area (Å²) in [6.07, 6.45) is 22.1. The van der Waals surface area contributed by atoms with Crippen LogP contribution in [0.2, 0.25) is 0 Å². The van der Waals surface area contributed by atoms with Crippen molar-refractivity contribution in [2.75, 3.05) is 33.8 Å². The monoisotopic (exact) mass is 646 g/mol. The fraction of sp³-hybridized carbons (Fsp3) is 1.00. The Bertz CT molecular complexity index is 531. The van der Waals surface area contributed by atoms with Crippen molar-refractivity contribution in [1.29, 1.82) is 0 Å². The predicted molar refractivity (Wildman–Crippen MR) is 211 cm³/mol. The summed E-state index contributed by atoms with van der Waals surface area (Å²) < 4.78 is 0. The van der Waals surface area contributed by atoms with Gasteiger partial charge < -0.3 is 21.9 Å². The molecule has 0 aromatic heterocycles. The van der Waals surface area contributed by atoms with Crippen molar-refractivity contribution in [3.8, 4) is 0 Å². The number of rotatable bonds is 8. The van der Waals surface area contributed by atoms with Crippen LogP contribution in [0.4, 0.5) is 0 Å². The molecule has 45 heavy (non-hydrogen) atoms. The van der Waals surface area contributed by atoms with Gasteiger partial charge in [-0.25, -0.2) is 0 Å². The lowest BCUT2D eigenvalue weighted by molar-refractivity contribution is -0.111. The van der Waals surface area contributed by atoms with E-state index in [9.17, 15) is 0 Å². The molecule has 4 fully saturated rings. The number of nitrogens with two attached hydrogens (primary N) is 2. The Balaban J connectivity index is -0.000000271. The minimum absolute atomic E-state index is 0.673. The molecule has 4 aliphatic carbocycles. The first-order valence-corrected chi connectivity index (χ1v) is 20.4. The predicted octanol–water partition coefficient (Wildman–Crippen LogP) is 11.9. The summed E-state index contributed by atoms with van der Waals surface area (Å²) in [7, 11) is 2.50. The molecule has 0 radical (unpaired) electrons. The van der Waals surface area contributed by atoms with Crippen molar-refractivity contribution in [3.63, 3.8) is 0 Å². The molecule has 0 aromatic rings. The summed E-state index contributed by atoms with van der Waals surface area (Å²) in [5.41, 5.74) is 11.5. The molecule has 7 unspecified atom stereocenters. The molecule has 0 aliphatic heterocycles. The number of aliphatic hydroxyl groups is 1. The van der Waals surface area contributed by atoms with E-state index in [2.05, 4.69) is 38.7 Å². The molecule has 4 rings (SSSR count). The highest BCUT2D eigenvalue weighted by Gasteiger charge is 2.59. The van der Waals surface area contributed by atoms with Gasteiger partial charge in [-0.3, -0.25) is 0 Å². The smallest absolute Gasteiger partial charge is 0.0319 e. The minimum atomic E-state index is 0.673. The molecular weight excluding hydrogens is 550 g/mol. The summed E-state index contributed by atoms with van der Waals surface area (Å²) in [6.45, 7) is 32.8. The lowest BCUT2D eigenvalue weighted by atomic mass is 9.45. The maximum Gasteiger partial charge on any atom is 0.0319 e. The molecule has 0 spiro atoms. The van der Waals surface area contributed by atoms with Gasteiger partial charge in [-0.15, -0.1) is 0 Å². The average Bonchev–Trinajstić information content (AvgIpc) is 3.46. The Morgan fingerprint density at radius 2 is 1.13 bits per heavy atom. The van der Waals surface area contributed by atoms with E-state index in [1.807, 2.05) is 69.2 Å². The van der Waals surface area contributed by atoms with Crippen LogP contribution in [0.25, 0.3) is 0 Å². The van der Waals surface area contributed by atoms with E-state index in [0.717, 1.165) is 56.2 Å². The third-order valence-electron chi connectivity index (χ3n) is 10.5. The van der Waals surface area contributed by atoms with Crippen molar-refractivity contribution < 1.29 is 5.11 Å². The molecule has 4 nitrogen and oxygen atoms in total. The Hall–Kier alpha value is -0.160. The van der Waals surface area contributed by atoms with Crippen LogP contribution in [0.1, 0.15) is 193 Å². The first-order valence-electron chi connectivity index (χ1n) is 20.4. The summed E-state index contributed by atoms with van der Waals surface area (Å²) in [6, 6.07) is 0. The van der Waals surface area contributed by atoms with Crippen molar-refractivity contribution in [1.82, 2.24) is 5.32 Å². The second kappa shape index (κ2) is 38.3. The van der Waals surface area contributed by atoms with E-state index in [0.29, 0.717) is 10.8 Å². The molecular formula is C41H95N3O. The van der Waals surface area contributed by atoms with Gasteiger partial charge in [0.1, 0.15) is 0 Å². The van der Waals surface area contributed by atoms with Crippen LogP contribution in [-0.2, 0) is 0 Å². The van der Waals surface area contributed by atoms with Crippen molar-refractivity contribution in [3.05, 3.63) is 0 Å². The first-order chi connectivity index (χ1) is 22.0. The minimum Gasteiger partial charge on any atom is -0.400 e. The second-order valence-electron chi connectivity index (χ2n) is 12.3. The number of fused-ring (bicyclic) bond motifs is 5. The van der Waals surface area contributed by atoms with Gasteiger partial charge in [0.2, 0.25) is 0 Å². The van der Waals surface area contributed by atoms with Crippen molar-refractivity contribution in [2.24, 2.45) is 51.9 Å². The van der Waals surface area contributed by atoms with Gasteiger partial charge in [0.25, 0.3) is 0 Å². The highest BCUT2D eigenvalue weighted by molar-refractivity contribution is 5.08. The summed E-state index contributed by atoms with van der Waals surface area (Å²) in [4.78, 5) is 0. The van der Waals surface area contributed by atoms with E-state index < -0.39 is 0 Å². The number of nitrogens with one attached hydrogen (secondary N) is 1. The SMILES string of the molecule is CC.CC.CC.CC.CC.CC12CCCCC1CCC1C2CCC2(C)C(CCCCNCCCN)CCC12.CCC.CN.CO. The normalized spacial score (nSPS) is 29.5. The van der Waals surface area contributed by atoms with Gasteiger partial charge >= 0.3 is 0 Å². The zero-order chi connectivity index (χ0) is 36.3. The number of hydrogen-bond donors (Lipinski definition) is 4. The lowest BCUT2D eigenvalue weighted by Crippen LogP contribution is -2.52.